The van der Waals surface area contributed by atoms with Gasteiger partial charge in [-0.3, -0.25) is 4.79 Å². The highest BCUT2D eigenvalue weighted by molar-refractivity contribution is 6.31. The van der Waals surface area contributed by atoms with E-state index in [0.29, 0.717) is 22.2 Å². The summed E-state index contributed by atoms with van der Waals surface area (Å²) in [6.45, 7) is 0. The van der Waals surface area contributed by atoms with Gasteiger partial charge in [-0.05, 0) is 42.0 Å². The van der Waals surface area contributed by atoms with E-state index in [4.69, 9.17) is 23.2 Å². The third kappa shape index (κ3) is 2.77. The van der Waals surface area contributed by atoms with Crippen molar-refractivity contribution in [2.24, 2.45) is 0 Å². The normalized spacial score (nSPS) is 21.9. The summed E-state index contributed by atoms with van der Waals surface area (Å²) in [6, 6.07) is 14.1. The van der Waals surface area contributed by atoms with E-state index >= 15 is 0 Å². The van der Waals surface area contributed by atoms with Crippen LogP contribution in [0.15, 0.2) is 48.5 Å². The van der Waals surface area contributed by atoms with Crippen LogP contribution in [-0.4, -0.2) is 17.1 Å². The molecule has 3 rings (SSSR count). The summed E-state index contributed by atoms with van der Waals surface area (Å²) in [5.74, 6) is -0.303. The monoisotopic (exact) mass is 321 g/mol. The van der Waals surface area contributed by atoms with Gasteiger partial charge in [0.05, 0.1) is 6.04 Å². The number of amides is 1. The first-order valence-electron chi connectivity index (χ1n) is 6.58. The van der Waals surface area contributed by atoms with Gasteiger partial charge < -0.3 is 10.0 Å². The average Bonchev–Trinajstić information content (AvgIpc) is 2.76. The van der Waals surface area contributed by atoms with Crippen molar-refractivity contribution in [1.29, 1.82) is 0 Å². The molecule has 1 amide bonds. The molecule has 2 aromatic carbocycles. The minimum atomic E-state index is -0.996. The zero-order valence-corrected chi connectivity index (χ0v) is 12.6. The molecule has 3 nitrogen and oxygen atoms in total. The molecule has 108 valence electrons. The molecule has 5 heteroatoms. The molecule has 0 radical (unpaired) electrons. The van der Waals surface area contributed by atoms with Crippen molar-refractivity contribution < 1.29 is 9.90 Å². The summed E-state index contributed by atoms with van der Waals surface area (Å²) in [5.41, 5.74) is 1.62. The number of aliphatic hydroxyl groups is 1. The summed E-state index contributed by atoms with van der Waals surface area (Å²) in [6.07, 6.45) is -0.647. The number of anilines is 1. The van der Waals surface area contributed by atoms with Crippen LogP contribution in [-0.2, 0) is 4.79 Å². The fraction of sp³-hybridized carbons (Fsp3) is 0.188. The van der Waals surface area contributed by atoms with Crippen LogP contribution in [0, 0.1) is 0 Å². The van der Waals surface area contributed by atoms with Crippen LogP contribution in [0.4, 0.5) is 5.69 Å². The summed E-state index contributed by atoms with van der Waals surface area (Å²) in [7, 11) is 0. The van der Waals surface area contributed by atoms with Crippen LogP contribution in [0.25, 0.3) is 0 Å². The van der Waals surface area contributed by atoms with Gasteiger partial charge in [-0.1, -0.05) is 35.3 Å². The van der Waals surface area contributed by atoms with Crippen molar-refractivity contribution in [2.75, 3.05) is 4.90 Å². The van der Waals surface area contributed by atoms with Gasteiger partial charge in [0.25, 0.3) is 5.91 Å². The highest BCUT2D eigenvalue weighted by Crippen LogP contribution is 2.38. The van der Waals surface area contributed by atoms with E-state index in [1.807, 2.05) is 18.2 Å². The van der Waals surface area contributed by atoms with E-state index in [-0.39, 0.29) is 11.9 Å². The van der Waals surface area contributed by atoms with Crippen molar-refractivity contribution in [3.63, 3.8) is 0 Å². The maximum atomic E-state index is 12.3. The topological polar surface area (TPSA) is 40.5 Å². The number of hydrogen-bond donors (Lipinski definition) is 1. The predicted octanol–water partition coefficient (Wildman–Crippen LogP) is 3.83. The molecule has 2 aromatic rings. The van der Waals surface area contributed by atoms with Crippen molar-refractivity contribution in [3.8, 4) is 0 Å². The fourth-order valence-corrected chi connectivity index (χ4v) is 2.96. The van der Waals surface area contributed by atoms with Gasteiger partial charge in [-0.25, -0.2) is 0 Å². The van der Waals surface area contributed by atoms with Crippen molar-refractivity contribution >= 4 is 34.8 Å². The van der Waals surface area contributed by atoms with Crippen LogP contribution in [0.5, 0.6) is 0 Å². The lowest BCUT2D eigenvalue weighted by Gasteiger charge is -2.25. The second-order valence-corrected chi connectivity index (χ2v) is 5.88. The van der Waals surface area contributed by atoms with Gasteiger partial charge in [0, 0.05) is 22.2 Å². The quantitative estimate of drug-likeness (QED) is 0.913. The predicted molar refractivity (Wildman–Crippen MR) is 83.8 cm³/mol. The van der Waals surface area contributed by atoms with Crippen LogP contribution in [0.2, 0.25) is 10.0 Å². The van der Waals surface area contributed by atoms with Gasteiger partial charge in [-0.2, -0.15) is 0 Å². The molecule has 0 aliphatic carbocycles. The molecular weight excluding hydrogens is 309 g/mol. The van der Waals surface area contributed by atoms with E-state index in [2.05, 4.69) is 0 Å². The Labute approximate surface area is 132 Å². The molecule has 0 aromatic heterocycles. The lowest BCUT2D eigenvalue weighted by atomic mass is 10.0. The first-order valence-corrected chi connectivity index (χ1v) is 7.34. The molecule has 0 bridgehead atoms. The van der Waals surface area contributed by atoms with Crippen molar-refractivity contribution in [2.45, 2.75) is 18.6 Å². The van der Waals surface area contributed by atoms with E-state index in [1.54, 1.807) is 35.2 Å². The molecule has 1 aliphatic heterocycles. The molecule has 0 spiro atoms. The first-order chi connectivity index (χ1) is 10.1. The largest absolute Gasteiger partial charge is 0.383 e. The van der Waals surface area contributed by atoms with Crippen LogP contribution >= 0.6 is 23.2 Å². The SMILES string of the molecule is O=C1[C@H](O)C[C@@H](c2cccc(Cl)c2)N1c1ccc(Cl)cc1. The van der Waals surface area contributed by atoms with Gasteiger partial charge in [0.1, 0.15) is 6.10 Å². The maximum Gasteiger partial charge on any atom is 0.256 e. The highest BCUT2D eigenvalue weighted by Gasteiger charge is 2.40. The lowest BCUT2D eigenvalue weighted by Crippen LogP contribution is -2.30. The number of nitrogens with zero attached hydrogens (tertiary/aromatic N) is 1. The average molecular weight is 322 g/mol. The third-order valence-corrected chi connectivity index (χ3v) is 4.11. The van der Waals surface area contributed by atoms with Gasteiger partial charge in [-0.15, -0.1) is 0 Å². The summed E-state index contributed by atoms with van der Waals surface area (Å²) < 4.78 is 0. The van der Waals surface area contributed by atoms with Gasteiger partial charge in [0.15, 0.2) is 0 Å². The Morgan fingerprint density at radius 2 is 1.76 bits per heavy atom. The number of benzene rings is 2. The van der Waals surface area contributed by atoms with Gasteiger partial charge in [0.2, 0.25) is 0 Å². The number of hydrogen-bond acceptors (Lipinski definition) is 2. The summed E-state index contributed by atoms with van der Waals surface area (Å²) in [4.78, 5) is 13.9. The Hall–Kier alpha value is -1.55. The Morgan fingerprint density at radius 1 is 1.05 bits per heavy atom. The molecule has 1 N–H and O–H groups in total. The van der Waals surface area contributed by atoms with E-state index in [9.17, 15) is 9.90 Å². The second-order valence-electron chi connectivity index (χ2n) is 5.01. The number of carbonyl (C=O) groups excluding carboxylic acids is 1. The standard InChI is InChI=1S/C16H13Cl2NO2/c17-11-4-6-13(7-5-11)19-14(9-15(20)16(19)21)10-2-1-3-12(18)8-10/h1-8,14-15,20H,9H2/t14-,15+/m0/s1. The molecule has 1 saturated heterocycles. The number of carbonyl (C=O) groups is 1. The lowest BCUT2D eigenvalue weighted by molar-refractivity contribution is -0.124. The number of rotatable bonds is 2. The molecule has 1 fully saturated rings. The zero-order chi connectivity index (χ0) is 15.0. The zero-order valence-electron chi connectivity index (χ0n) is 11.0. The molecule has 0 unspecified atom stereocenters. The van der Waals surface area contributed by atoms with Crippen LogP contribution in [0.3, 0.4) is 0 Å². The van der Waals surface area contributed by atoms with Crippen LogP contribution in [0.1, 0.15) is 18.0 Å². The molecule has 1 heterocycles. The maximum absolute atomic E-state index is 12.3. The van der Waals surface area contributed by atoms with Crippen molar-refractivity contribution in [3.05, 3.63) is 64.1 Å². The smallest absolute Gasteiger partial charge is 0.256 e. The Balaban J connectivity index is 2.02. The van der Waals surface area contributed by atoms with Crippen molar-refractivity contribution in [1.82, 2.24) is 0 Å². The molecular formula is C16H13Cl2NO2. The molecule has 0 saturated carbocycles. The fourth-order valence-electron chi connectivity index (χ4n) is 2.64. The first kappa shape index (κ1) is 14.4. The van der Waals surface area contributed by atoms with E-state index < -0.39 is 6.10 Å². The minimum Gasteiger partial charge on any atom is -0.383 e. The molecule has 21 heavy (non-hydrogen) atoms. The number of halogens is 2. The Morgan fingerprint density at radius 3 is 2.43 bits per heavy atom. The Kier molecular flexibility index (Phi) is 3.89. The van der Waals surface area contributed by atoms with E-state index in [1.165, 1.54) is 0 Å². The Bertz CT molecular complexity index is 672. The highest BCUT2D eigenvalue weighted by atomic mass is 35.5. The molecule has 2 atom stereocenters. The minimum absolute atomic E-state index is 0.229. The van der Waals surface area contributed by atoms with Gasteiger partial charge >= 0.3 is 0 Å². The second kappa shape index (κ2) is 5.68. The number of aliphatic hydroxyl groups excluding tert-OH is 1. The molecule has 1 aliphatic rings. The summed E-state index contributed by atoms with van der Waals surface area (Å²) >= 11 is 11.9. The van der Waals surface area contributed by atoms with E-state index in [0.717, 1.165) is 5.56 Å². The van der Waals surface area contributed by atoms with Crippen LogP contribution < -0.4 is 4.90 Å². The summed E-state index contributed by atoms with van der Waals surface area (Å²) in [5, 5.41) is 11.1. The third-order valence-electron chi connectivity index (χ3n) is 3.62.